The van der Waals surface area contributed by atoms with E-state index in [1.165, 1.54) is 11.1 Å². The number of carbonyl (C=O) groups is 1. The third kappa shape index (κ3) is 6.13. The molecule has 1 amide bonds. The van der Waals surface area contributed by atoms with Crippen LogP contribution in [0.15, 0.2) is 42.5 Å². The van der Waals surface area contributed by atoms with Gasteiger partial charge in [-0.3, -0.25) is 9.69 Å². The molecule has 3 rings (SSSR count). The largest absolute Gasteiger partial charge is 0.482 e. The Hall–Kier alpha value is -1.75. The lowest BCUT2D eigenvalue weighted by atomic mass is 10.0. The van der Waals surface area contributed by atoms with Gasteiger partial charge in [-0.15, -0.1) is 0 Å². The highest BCUT2D eigenvalue weighted by molar-refractivity contribution is 6.35. The summed E-state index contributed by atoms with van der Waals surface area (Å²) in [6.45, 7) is 4.97. The second kappa shape index (κ2) is 9.45. The molecule has 0 radical (unpaired) electrons. The lowest BCUT2D eigenvalue weighted by Gasteiger charge is -2.32. The maximum atomic E-state index is 12.2. The van der Waals surface area contributed by atoms with Crippen LogP contribution in [0, 0.1) is 6.92 Å². The predicted octanol–water partition coefficient (Wildman–Crippen LogP) is 4.46. The first-order valence-corrected chi connectivity index (χ1v) is 9.90. The first-order valence-electron chi connectivity index (χ1n) is 9.15. The van der Waals surface area contributed by atoms with Gasteiger partial charge in [0, 0.05) is 30.7 Å². The summed E-state index contributed by atoms with van der Waals surface area (Å²) in [4.78, 5) is 14.6. The number of benzene rings is 2. The summed E-state index contributed by atoms with van der Waals surface area (Å²) in [5.74, 6) is 0.336. The zero-order chi connectivity index (χ0) is 19.2. The van der Waals surface area contributed by atoms with E-state index in [9.17, 15) is 4.79 Å². The van der Waals surface area contributed by atoms with Gasteiger partial charge in [-0.05, 0) is 43.5 Å². The number of nitrogens with one attached hydrogen (secondary N) is 1. The molecule has 1 aliphatic heterocycles. The van der Waals surface area contributed by atoms with Gasteiger partial charge < -0.3 is 10.1 Å². The minimum atomic E-state index is -0.127. The Labute approximate surface area is 170 Å². The Morgan fingerprint density at radius 2 is 1.96 bits per heavy atom. The highest BCUT2D eigenvalue weighted by Gasteiger charge is 2.21. The molecule has 27 heavy (non-hydrogen) atoms. The van der Waals surface area contributed by atoms with Crippen molar-refractivity contribution in [2.45, 2.75) is 32.4 Å². The average molecular weight is 407 g/mol. The van der Waals surface area contributed by atoms with Gasteiger partial charge in [0.15, 0.2) is 6.61 Å². The molecule has 0 atom stereocenters. The number of halogens is 2. The molecule has 1 aliphatic rings. The summed E-state index contributed by atoms with van der Waals surface area (Å²) in [6, 6.07) is 13.8. The molecule has 2 aromatic rings. The summed E-state index contributed by atoms with van der Waals surface area (Å²) in [5, 5.41) is 3.99. The molecular weight excluding hydrogens is 383 g/mol. The fourth-order valence-corrected chi connectivity index (χ4v) is 3.77. The van der Waals surface area contributed by atoms with Crippen LogP contribution in [-0.2, 0) is 11.3 Å². The minimum Gasteiger partial charge on any atom is -0.482 e. The molecular formula is C21H24Cl2N2O2. The van der Waals surface area contributed by atoms with Crippen molar-refractivity contribution in [2.75, 3.05) is 19.7 Å². The lowest BCUT2D eigenvalue weighted by molar-refractivity contribution is -0.124. The van der Waals surface area contributed by atoms with Gasteiger partial charge in [0.2, 0.25) is 0 Å². The number of aryl methyl sites for hydroxylation is 1. The van der Waals surface area contributed by atoms with Crippen molar-refractivity contribution in [1.29, 1.82) is 0 Å². The van der Waals surface area contributed by atoms with Gasteiger partial charge in [0.05, 0.1) is 5.02 Å². The van der Waals surface area contributed by atoms with E-state index in [4.69, 9.17) is 27.9 Å². The molecule has 4 nitrogen and oxygen atoms in total. The standard InChI is InChI=1S/C21H24Cl2N2O2/c1-15-3-2-4-16(11-15)13-25-9-7-18(8-10-25)24-21(26)14-27-20-6-5-17(22)12-19(20)23/h2-6,11-12,18H,7-10,13-14H2,1H3,(H,24,26). The molecule has 1 heterocycles. The zero-order valence-electron chi connectivity index (χ0n) is 15.4. The van der Waals surface area contributed by atoms with Crippen molar-refractivity contribution in [3.63, 3.8) is 0 Å². The van der Waals surface area contributed by atoms with E-state index in [2.05, 4.69) is 41.4 Å². The second-order valence-electron chi connectivity index (χ2n) is 6.97. The smallest absolute Gasteiger partial charge is 0.258 e. The number of nitrogens with zero attached hydrogens (tertiary/aromatic N) is 1. The highest BCUT2D eigenvalue weighted by Crippen LogP contribution is 2.27. The Kier molecular flexibility index (Phi) is 7.00. The molecule has 6 heteroatoms. The average Bonchev–Trinajstić information content (AvgIpc) is 2.63. The number of hydrogen-bond acceptors (Lipinski definition) is 3. The summed E-state index contributed by atoms with van der Waals surface area (Å²) in [5.41, 5.74) is 2.63. The lowest BCUT2D eigenvalue weighted by Crippen LogP contribution is -2.45. The number of amides is 1. The topological polar surface area (TPSA) is 41.6 Å². The summed E-state index contributed by atoms with van der Waals surface area (Å²) in [7, 11) is 0. The Bertz CT molecular complexity index is 790. The highest BCUT2D eigenvalue weighted by atomic mass is 35.5. The molecule has 0 aromatic heterocycles. The van der Waals surface area contributed by atoms with Gasteiger partial charge in [-0.2, -0.15) is 0 Å². The molecule has 0 aliphatic carbocycles. The van der Waals surface area contributed by atoms with Crippen LogP contribution in [0.5, 0.6) is 5.75 Å². The minimum absolute atomic E-state index is 0.0507. The molecule has 1 saturated heterocycles. The number of carbonyl (C=O) groups excluding carboxylic acids is 1. The molecule has 2 aromatic carbocycles. The number of rotatable bonds is 6. The van der Waals surface area contributed by atoms with Crippen molar-refractivity contribution < 1.29 is 9.53 Å². The van der Waals surface area contributed by atoms with Crippen molar-refractivity contribution in [3.8, 4) is 5.75 Å². The van der Waals surface area contributed by atoms with Crippen LogP contribution in [0.25, 0.3) is 0 Å². The van der Waals surface area contributed by atoms with E-state index in [1.54, 1.807) is 18.2 Å². The molecule has 0 unspecified atom stereocenters. The number of hydrogen-bond donors (Lipinski definition) is 1. The van der Waals surface area contributed by atoms with E-state index in [0.29, 0.717) is 15.8 Å². The van der Waals surface area contributed by atoms with Crippen molar-refractivity contribution in [2.24, 2.45) is 0 Å². The van der Waals surface area contributed by atoms with Gasteiger partial charge in [0.25, 0.3) is 5.91 Å². The van der Waals surface area contributed by atoms with E-state index in [1.807, 2.05) is 0 Å². The molecule has 1 N–H and O–H groups in total. The van der Waals surface area contributed by atoms with Crippen LogP contribution < -0.4 is 10.1 Å². The molecule has 0 bridgehead atoms. The Balaban J connectivity index is 1.40. The van der Waals surface area contributed by atoms with E-state index >= 15 is 0 Å². The van der Waals surface area contributed by atoms with Gasteiger partial charge in [-0.25, -0.2) is 0 Å². The van der Waals surface area contributed by atoms with Crippen LogP contribution in [0.2, 0.25) is 10.0 Å². The quantitative estimate of drug-likeness (QED) is 0.769. The first-order chi connectivity index (χ1) is 13.0. The van der Waals surface area contributed by atoms with E-state index in [0.717, 1.165) is 32.5 Å². The monoisotopic (exact) mass is 406 g/mol. The molecule has 0 spiro atoms. The summed E-state index contributed by atoms with van der Waals surface area (Å²) >= 11 is 11.9. The fourth-order valence-electron chi connectivity index (χ4n) is 3.31. The van der Waals surface area contributed by atoms with Crippen LogP contribution in [0.4, 0.5) is 0 Å². The van der Waals surface area contributed by atoms with Crippen molar-refractivity contribution in [3.05, 3.63) is 63.6 Å². The van der Waals surface area contributed by atoms with Gasteiger partial charge >= 0.3 is 0 Å². The number of ether oxygens (including phenoxy) is 1. The van der Waals surface area contributed by atoms with Crippen LogP contribution in [0.3, 0.4) is 0 Å². The number of piperidine rings is 1. The maximum Gasteiger partial charge on any atom is 0.258 e. The summed E-state index contributed by atoms with van der Waals surface area (Å²) < 4.78 is 5.49. The van der Waals surface area contributed by atoms with Crippen molar-refractivity contribution in [1.82, 2.24) is 10.2 Å². The predicted molar refractivity (Wildman–Crippen MR) is 110 cm³/mol. The normalized spacial score (nSPS) is 15.5. The fraction of sp³-hybridized carbons (Fsp3) is 0.381. The van der Waals surface area contributed by atoms with Gasteiger partial charge in [-0.1, -0.05) is 53.0 Å². The van der Waals surface area contributed by atoms with Crippen molar-refractivity contribution >= 4 is 29.1 Å². The number of likely N-dealkylation sites (tertiary alicyclic amines) is 1. The maximum absolute atomic E-state index is 12.2. The SMILES string of the molecule is Cc1cccc(CN2CCC(NC(=O)COc3ccc(Cl)cc3Cl)CC2)c1. The van der Waals surface area contributed by atoms with Gasteiger partial charge in [0.1, 0.15) is 5.75 Å². The van der Waals surface area contributed by atoms with Crippen LogP contribution in [-0.4, -0.2) is 36.5 Å². The third-order valence-electron chi connectivity index (χ3n) is 4.69. The Morgan fingerprint density at radius 1 is 1.19 bits per heavy atom. The molecule has 144 valence electrons. The third-order valence-corrected chi connectivity index (χ3v) is 5.22. The second-order valence-corrected chi connectivity index (χ2v) is 7.81. The molecule has 1 fully saturated rings. The Morgan fingerprint density at radius 3 is 2.67 bits per heavy atom. The van der Waals surface area contributed by atoms with Crippen LogP contribution >= 0.6 is 23.2 Å². The summed E-state index contributed by atoms with van der Waals surface area (Å²) in [6.07, 6.45) is 1.89. The van der Waals surface area contributed by atoms with Crippen LogP contribution in [0.1, 0.15) is 24.0 Å². The molecule has 0 saturated carbocycles. The first kappa shape index (κ1) is 20.0. The van der Waals surface area contributed by atoms with E-state index < -0.39 is 0 Å². The van der Waals surface area contributed by atoms with E-state index in [-0.39, 0.29) is 18.6 Å². The zero-order valence-corrected chi connectivity index (χ0v) is 16.9.